The number of nitrogens with zero attached hydrogens (tertiary/aromatic N) is 3. The Morgan fingerprint density at radius 3 is 2.68 bits per heavy atom. The predicted molar refractivity (Wildman–Crippen MR) is 106 cm³/mol. The zero-order valence-corrected chi connectivity index (χ0v) is 17.5. The van der Waals surface area contributed by atoms with Gasteiger partial charge >= 0.3 is 0 Å². The number of rotatable bonds is 4. The maximum absolute atomic E-state index is 12.8. The van der Waals surface area contributed by atoms with Crippen molar-refractivity contribution in [2.45, 2.75) is 59.4 Å². The lowest BCUT2D eigenvalue weighted by Crippen LogP contribution is -2.47. The molecule has 3 aliphatic rings. The van der Waals surface area contributed by atoms with Crippen LogP contribution in [0.1, 0.15) is 37.4 Å². The molecule has 4 heterocycles. The summed E-state index contributed by atoms with van der Waals surface area (Å²) in [6.07, 6.45) is -0.276. The minimum Gasteiger partial charge on any atom is -0.390 e. The Morgan fingerprint density at radius 2 is 1.96 bits per heavy atom. The number of carbonyl (C=O) groups excluding carboxylic acids is 1. The summed E-state index contributed by atoms with van der Waals surface area (Å²) in [6.45, 7) is 12.3. The summed E-state index contributed by atoms with van der Waals surface area (Å²) in [7, 11) is 0. The van der Waals surface area contributed by atoms with Crippen LogP contribution in [0.25, 0.3) is 0 Å². The lowest BCUT2D eigenvalue weighted by molar-refractivity contribution is -0.140. The average Bonchev–Trinajstić information content (AvgIpc) is 3.24. The van der Waals surface area contributed by atoms with Crippen LogP contribution in [0.4, 0.5) is 5.82 Å². The van der Waals surface area contributed by atoms with E-state index in [9.17, 15) is 9.90 Å². The lowest BCUT2D eigenvalue weighted by atomic mass is 9.83. The Bertz CT molecular complexity index is 768. The Hall–Kier alpha value is -1.73. The van der Waals surface area contributed by atoms with E-state index in [1.165, 1.54) is 0 Å². The van der Waals surface area contributed by atoms with Gasteiger partial charge in [0.25, 0.3) is 0 Å². The standard InChI is InChI=1S/C21H32N4O3/c1-10(2)7-22-21(27)14-6-17-18(26)15-8-25(9-16(15)19(14)28-17)20-11(3)12(4)23-13(5)24-20/h10,14-19,26H,6-9H2,1-5H3,(H,22,27)/t14?,15-,16+,17+,18+,19-/m1/s1. The molecule has 1 amide bonds. The van der Waals surface area contributed by atoms with Gasteiger partial charge in [-0.25, -0.2) is 9.97 Å². The number of anilines is 1. The molecule has 1 aromatic rings. The number of ether oxygens (including phenoxy) is 1. The number of hydrogen-bond acceptors (Lipinski definition) is 6. The maximum atomic E-state index is 12.8. The molecule has 7 heteroatoms. The molecule has 3 aliphatic heterocycles. The van der Waals surface area contributed by atoms with Gasteiger partial charge in [-0.3, -0.25) is 4.79 Å². The van der Waals surface area contributed by atoms with Crippen LogP contribution in [0.5, 0.6) is 0 Å². The number of aliphatic hydroxyl groups excluding tert-OH is 1. The van der Waals surface area contributed by atoms with Gasteiger partial charge in [0.2, 0.25) is 5.91 Å². The minimum absolute atomic E-state index is 0.0670. The van der Waals surface area contributed by atoms with E-state index in [1.54, 1.807) is 0 Å². The number of carbonyl (C=O) groups is 1. The van der Waals surface area contributed by atoms with Crippen LogP contribution in [0.3, 0.4) is 0 Å². The minimum atomic E-state index is -0.529. The SMILES string of the molecule is Cc1nc(C)c(C)c(N2C[C@H]3[C@H](O)[C@@H]4CC(C(=O)NCC(C)C)[C@@H](O4)[C@H]3C2)n1. The van der Waals surface area contributed by atoms with Gasteiger partial charge in [0, 0.05) is 42.7 Å². The molecule has 1 unspecified atom stereocenters. The summed E-state index contributed by atoms with van der Waals surface area (Å²) < 4.78 is 6.16. The van der Waals surface area contributed by atoms with Crippen molar-refractivity contribution < 1.29 is 14.6 Å². The molecular weight excluding hydrogens is 356 g/mol. The van der Waals surface area contributed by atoms with Crippen LogP contribution in [0.2, 0.25) is 0 Å². The number of aryl methyl sites for hydroxylation is 2. The molecule has 2 bridgehead atoms. The number of nitrogens with one attached hydrogen (secondary N) is 1. The van der Waals surface area contributed by atoms with E-state index < -0.39 is 6.10 Å². The molecule has 0 aliphatic carbocycles. The second-order valence-electron chi connectivity index (χ2n) is 9.15. The van der Waals surface area contributed by atoms with Gasteiger partial charge in [0.1, 0.15) is 11.6 Å². The highest BCUT2D eigenvalue weighted by molar-refractivity contribution is 5.79. The third-order valence-corrected chi connectivity index (χ3v) is 6.66. The molecule has 3 saturated heterocycles. The van der Waals surface area contributed by atoms with E-state index in [0.29, 0.717) is 18.9 Å². The van der Waals surface area contributed by atoms with Crippen molar-refractivity contribution in [2.24, 2.45) is 23.7 Å². The van der Waals surface area contributed by atoms with Crippen molar-refractivity contribution in [1.82, 2.24) is 15.3 Å². The maximum Gasteiger partial charge on any atom is 0.225 e. The molecule has 0 radical (unpaired) electrons. The first kappa shape index (κ1) is 19.6. The third kappa shape index (κ3) is 3.28. The van der Waals surface area contributed by atoms with Gasteiger partial charge in [-0.1, -0.05) is 13.8 Å². The first-order chi connectivity index (χ1) is 13.3. The van der Waals surface area contributed by atoms with Gasteiger partial charge in [-0.15, -0.1) is 0 Å². The summed E-state index contributed by atoms with van der Waals surface area (Å²) in [5.41, 5.74) is 2.07. The Balaban J connectivity index is 1.55. The number of hydrogen-bond donors (Lipinski definition) is 2. The lowest BCUT2D eigenvalue weighted by Gasteiger charge is -2.36. The van der Waals surface area contributed by atoms with Crippen LogP contribution in [0, 0.1) is 44.4 Å². The second-order valence-corrected chi connectivity index (χ2v) is 9.15. The van der Waals surface area contributed by atoms with Crippen LogP contribution >= 0.6 is 0 Å². The highest BCUT2D eigenvalue weighted by Crippen LogP contribution is 2.47. The van der Waals surface area contributed by atoms with Crippen molar-refractivity contribution in [2.75, 3.05) is 24.5 Å². The van der Waals surface area contributed by atoms with Gasteiger partial charge in [0.15, 0.2) is 0 Å². The number of fused-ring (bicyclic) bond motifs is 4. The first-order valence-electron chi connectivity index (χ1n) is 10.4. The summed E-state index contributed by atoms with van der Waals surface area (Å²) in [6, 6.07) is 0. The summed E-state index contributed by atoms with van der Waals surface area (Å²) >= 11 is 0. The van der Waals surface area contributed by atoms with E-state index >= 15 is 0 Å². The van der Waals surface area contributed by atoms with Gasteiger partial charge in [-0.05, 0) is 33.1 Å². The van der Waals surface area contributed by atoms with Crippen molar-refractivity contribution in [1.29, 1.82) is 0 Å². The molecule has 154 valence electrons. The highest BCUT2D eigenvalue weighted by atomic mass is 16.5. The van der Waals surface area contributed by atoms with Crippen molar-refractivity contribution >= 4 is 11.7 Å². The quantitative estimate of drug-likeness (QED) is 0.810. The molecule has 28 heavy (non-hydrogen) atoms. The molecule has 2 N–H and O–H groups in total. The molecule has 7 nitrogen and oxygen atoms in total. The average molecular weight is 389 g/mol. The summed E-state index contributed by atoms with van der Waals surface area (Å²) in [5, 5.41) is 14.0. The zero-order valence-electron chi connectivity index (χ0n) is 17.5. The fraction of sp³-hybridized carbons (Fsp3) is 0.762. The van der Waals surface area contributed by atoms with Gasteiger partial charge < -0.3 is 20.1 Å². The fourth-order valence-corrected chi connectivity index (χ4v) is 5.12. The van der Waals surface area contributed by atoms with Crippen molar-refractivity contribution in [3.63, 3.8) is 0 Å². The largest absolute Gasteiger partial charge is 0.390 e. The molecule has 3 fully saturated rings. The fourth-order valence-electron chi connectivity index (χ4n) is 5.12. The number of aromatic nitrogens is 2. The van der Waals surface area contributed by atoms with E-state index in [0.717, 1.165) is 36.0 Å². The summed E-state index contributed by atoms with van der Waals surface area (Å²) in [5.74, 6) is 2.26. The van der Waals surface area contributed by atoms with E-state index in [2.05, 4.69) is 34.0 Å². The highest BCUT2D eigenvalue weighted by Gasteiger charge is 2.58. The summed E-state index contributed by atoms with van der Waals surface area (Å²) in [4.78, 5) is 24.2. The van der Waals surface area contributed by atoms with Gasteiger partial charge in [0.05, 0.1) is 24.2 Å². The Morgan fingerprint density at radius 1 is 1.25 bits per heavy atom. The van der Waals surface area contributed by atoms with Gasteiger partial charge in [-0.2, -0.15) is 0 Å². The molecule has 0 spiro atoms. The van der Waals surface area contributed by atoms with Crippen molar-refractivity contribution in [3.05, 3.63) is 17.1 Å². The molecule has 0 aromatic carbocycles. The number of amides is 1. The first-order valence-corrected chi connectivity index (χ1v) is 10.4. The van der Waals surface area contributed by atoms with E-state index in [1.807, 2.05) is 20.8 Å². The predicted octanol–water partition coefficient (Wildman–Crippen LogP) is 1.37. The zero-order chi connectivity index (χ0) is 20.2. The topological polar surface area (TPSA) is 87.6 Å². The molecular formula is C21H32N4O3. The van der Waals surface area contributed by atoms with Crippen LogP contribution in [0.15, 0.2) is 0 Å². The normalized spacial score (nSPS) is 34.0. The molecule has 1 aromatic heterocycles. The molecule has 6 atom stereocenters. The smallest absolute Gasteiger partial charge is 0.225 e. The molecule has 0 saturated carbocycles. The van der Waals surface area contributed by atoms with E-state index in [-0.39, 0.29) is 35.9 Å². The Kier molecular flexibility index (Phi) is 5.08. The van der Waals surface area contributed by atoms with Crippen LogP contribution in [-0.2, 0) is 9.53 Å². The molecule has 4 rings (SSSR count). The van der Waals surface area contributed by atoms with Crippen LogP contribution in [-0.4, -0.2) is 58.9 Å². The second kappa shape index (κ2) is 7.26. The van der Waals surface area contributed by atoms with E-state index in [4.69, 9.17) is 4.74 Å². The monoisotopic (exact) mass is 388 g/mol. The van der Waals surface area contributed by atoms with Crippen LogP contribution < -0.4 is 10.2 Å². The third-order valence-electron chi connectivity index (χ3n) is 6.66. The van der Waals surface area contributed by atoms with Crippen molar-refractivity contribution in [3.8, 4) is 0 Å². The Labute approximate surface area is 166 Å². The number of aliphatic hydroxyl groups is 1.